The van der Waals surface area contributed by atoms with Gasteiger partial charge in [-0.3, -0.25) is 0 Å². The van der Waals surface area contributed by atoms with Crippen LogP contribution in [0.4, 0.5) is 145 Å². The van der Waals surface area contributed by atoms with E-state index in [2.05, 4.69) is 0 Å². The molecular weight excluding hydrogens is 899 g/mol. The van der Waals surface area contributed by atoms with Gasteiger partial charge in [0.2, 0.25) is 0 Å². The van der Waals surface area contributed by atoms with Crippen molar-refractivity contribution in [2.24, 2.45) is 0 Å². The molecule has 0 heterocycles. The van der Waals surface area contributed by atoms with E-state index < -0.39 is 107 Å². The van der Waals surface area contributed by atoms with Gasteiger partial charge in [-0.2, -0.15) is 140 Å². The SMILES string of the molecule is C=C(C)C(=O)OC(F)(C(F)(F)C(F)(F)C(F)(F)C(F)(F)C(F)(F)F)C(F)(F)C(F)(F)C(F)(F)C(F)(F)C(F)(F)C(F)(F)C(F)(F)C(F)(C(F)(F)F)C(F)(F)F. The van der Waals surface area contributed by atoms with E-state index in [-0.39, 0.29) is 6.92 Å². The van der Waals surface area contributed by atoms with Crippen molar-refractivity contribution in [3.63, 3.8) is 0 Å². The molecule has 0 radical (unpaired) electrons. The first-order valence-corrected chi connectivity index (χ1v) is 11.7. The van der Waals surface area contributed by atoms with Crippen molar-refractivity contribution in [3.8, 4) is 0 Å². The van der Waals surface area contributed by atoms with Crippen molar-refractivity contribution in [1.82, 2.24) is 0 Å². The van der Waals surface area contributed by atoms with Crippen LogP contribution in [0.1, 0.15) is 6.92 Å². The minimum atomic E-state index is -10.3. The highest BCUT2D eigenvalue weighted by Gasteiger charge is 3.03. The Balaban J connectivity index is 8.39. The molecule has 0 aromatic carbocycles. The van der Waals surface area contributed by atoms with Crippen LogP contribution in [0, 0.1) is 0 Å². The zero-order valence-electron chi connectivity index (χ0n) is 24.0. The summed E-state index contributed by atoms with van der Waals surface area (Å²) in [4.78, 5) is 11.3. The number of halogens is 33. The lowest BCUT2D eigenvalue weighted by Crippen LogP contribution is -2.81. The van der Waals surface area contributed by atoms with Gasteiger partial charge in [-0.25, -0.2) is 9.18 Å². The molecule has 0 N–H and O–H groups in total. The Labute approximate surface area is 276 Å². The Morgan fingerprint density at radius 2 is 0.527 bits per heavy atom. The third-order valence-corrected chi connectivity index (χ3v) is 6.51. The minimum Gasteiger partial charge on any atom is -0.413 e. The van der Waals surface area contributed by atoms with Crippen LogP contribution in [-0.4, -0.2) is 101 Å². The zero-order valence-corrected chi connectivity index (χ0v) is 24.0. The minimum absolute atomic E-state index is 0.375. The van der Waals surface area contributed by atoms with Crippen molar-refractivity contribution in [2.75, 3.05) is 0 Å². The molecule has 0 aromatic heterocycles. The lowest BCUT2D eigenvalue weighted by Gasteiger charge is -2.48. The summed E-state index contributed by atoms with van der Waals surface area (Å²) >= 11 is 0. The fourth-order valence-electron chi connectivity index (χ4n) is 3.24. The van der Waals surface area contributed by atoms with Gasteiger partial charge in [0.1, 0.15) is 0 Å². The second-order valence-electron chi connectivity index (χ2n) is 10.2. The van der Waals surface area contributed by atoms with Gasteiger partial charge < -0.3 is 4.74 Å². The van der Waals surface area contributed by atoms with Crippen molar-refractivity contribution in [1.29, 1.82) is 0 Å². The summed E-state index contributed by atoms with van der Waals surface area (Å²) in [5.74, 6) is -122. The molecule has 328 valence electrons. The number of rotatable bonds is 14. The standard InChI is InChI=1S/C20H5F33O2/c1-3(2)4(54)55-17(44,15(40,41)12(34,35)13(36,37)16(42,43)20(51,52)53)14(38,39)11(32,33)10(30,31)9(28,29)8(26,27)7(24,25)6(22,23)5(21,18(45,46)47)19(48,49)50/h1H2,2H3. The predicted molar refractivity (Wildman–Crippen MR) is 101 cm³/mol. The fourth-order valence-corrected chi connectivity index (χ4v) is 3.24. The third-order valence-electron chi connectivity index (χ3n) is 6.51. The van der Waals surface area contributed by atoms with E-state index >= 15 is 4.39 Å². The van der Waals surface area contributed by atoms with Crippen LogP contribution in [0.2, 0.25) is 0 Å². The molecule has 0 rings (SSSR count). The number of alkyl halides is 33. The summed E-state index contributed by atoms with van der Waals surface area (Å²) in [7, 11) is 0. The Bertz CT molecular complexity index is 1440. The Morgan fingerprint density at radius 3 is 0.727 bits per heavy atom. The van der Waals surface area contributed by atoms with E-state index in [4.69, 9.17) is 0 Å². The highest BCUT2D eigenvalue weighted by molar-refractivity contribution is 5.87. The van der Waals surface area contributed by atoms with Gasteiger partial charge in [0.15, 0.2) is 0 Å². The third kappa shape index (κ3) is 6.13. The van der Waals surface area contributed by atoms with Gasteiger partial charge in [0.25, 0.3) is 0 Å². The van der Waals surface area contributed by atoms with E-state index in [1.807, 2.05) is 6.58 Å². The van der Waals surface area contributed by atoms with Gasteiger partial charge in [-0.05, 0) is 6.92 Å². The van der Waals surface area contributed by atoms with Crippen molar-refractivity contribution < 1.29 is 154 Å². The topological polar surface area (TPSA) is 26.3 Å². The molecular formula is C20H5F33O2. The summed E-state index contributed by atoms with van der Waals surface area (Å²) < 4.78 is 450. The summed E-state index contributed by atoms with van der Waals surface area (Å²) in [6, 6.07) is 0. The maximum atomic E-state index is 15.1. The number of carbonyl (C=O) groups is 1. The molecule has 0 saturated carbocycles. The lowest BCUT2D eigenvalue weighted by molar-refractivity contribution is -0.500. The lowest BCUT2D eigenvalue weighted by atomic mass is 9.81. The number of ether oxygens (including phenoxy) is 1. The molecule has 0 spiro atoms. The molecule has 0 fully saturated rings. The molecule has 2 nitrogen and oxygen atoms in total. The van der Waals surface area contributed by atoms with Gasteiger partial charge in [-0.1, -0.05) is 6.58 Å². The first kappa shape index (κ1) is 51.9. The molecule has 0 amide bonds. The Kier molecular flexibility index (Phi) is 12.0. The highest BCUT2D eigenvalue weighted by Crippen LogP contribution is 2.70. The average molecular weight is 904 g/mol. The normalized spacial score (nSPS) is 17.6. The average Bonchev–Trinajstić information content (AvgIpc) is 2.93. The molecule has 1 atom stereocenters. The van der Waals surface area contributed by atoms with Crippen LogP contribution in [0.15, 0.2) is 12.2 Å². The zero-order chi connectivity index (χ0) is 45.9. The van der Waals surface area contributed by atoms with E-state index in [1.54, 1.807) is 4.74 Å². The number of hydrogen-bond donors (Lipinski definition) is 0. The molecule has 0 aromatic rings. The second kappa shape index (κ2) is 12.7. The molecule has 0 aliphatic carbocycles. The van der Waals surface area contributed by atoms with E-state index in [0.717, 1.165) is 0 Å². The van der Waals surface area contributed by atoms with Gasteiger partial charge in [-0.15, -0.1) is 0 Å². The molecule has 0 bridgehead atoms. The molecule has 0 aliphatic heterocycles. The van der Waals surface area contributed by atoms with Crippen LogP contribution >= 0.6 is 0 Å². The van der Waals surface area contributed by atoms with Crippen LogP contribution in [0.5, 0.6) is 0 Å². The largest absolute Gasteiger partial charge is 0.460 e. The van der Waals surface area contributed by atoms with Crippen molar-refractivity contribution >= 4 is 5.97 Å². The number of esters is 1. The van der Waals surface area contributed by atoms with Crippen LogP contribution < -0.4 is 0 Å². The fraction of sp³-hybridized carbons (Fsp3) is 0.850. The van der Waals surface area contributed by atoms with E-state index in [1.165, 1.54) is 0 Å². The number of hydrogen-bond acceptors (Lipinski definition) is 2. The van der Waals surface area contributed by atoms with E-state index in [0.29, 0.717) is 0 Å². The smallest absolute Gasteiger partial charge is 0.413 e. The molecule has 35 heteroatoms. The van der Waals surface area contributed by atoms with Crippen LogP contribution in [0.25, 0.3) is 0 Å². The maximum absolute atomic E-state index is 15.1. The van der Waals surface area contributed by atoms with Crippen molar-refractivity contribution in [3.05, 3.63) is 12.2 Å². The summed E-state index contributed by atoms with van der Waals surface area (Å²) in [6.07, 6.45) is -26.2. The molecule has 1 unspecified atom stereocenters. The Hall–Kier alpha value is -3.10. The molecule has 0 saturated heterocycles. The quantitative estimate of drug-likeness (QED) is 0.0986. The van der Waals surface area contributed by atoms with Crippen LogP contribution in [0.3, 0.4) is 0 Å². The number of carbonyl (C=O) groups excluding carboxylic acids is 1. The first-order chi connectivity index (χ1) is 23.1. The Morgan fingerprint density at radius 1 is 0.327 bits per heavy atom. The summed E-state index contributed by atoms with van der Waals surface area (Å²) in [5.41, 5.74) is -11.8. The van der Waals surface area contributed by atoms with E-state index in [9.17, 15) is 145 Å². The second-order valence-corrected chi connectivity index (χ2v) is 10.2. The maximum Gasteiger partial charge on any atom is 0.460 e. The summed E-state index contributed by atoms with van der Waals surface area (Å²) in [5, 5.41) is 0. The van der Waals surface area contributed by atoms with Crippen molar-refractivity contribution in [2.45, 2.75) is 102 Å². The van der Waals surface area contributed by atoms with Gasteiger partial charge in [0, 0.05) is 5.57 Å². The molecule has 55 heavy (non-hydrogen) atoms. The molecule has 0 aliphatic rings. The predicted octanol–water partition coefficient (Wildman–Crippen LogP) is 11.2. The monoisotopic (exact) mass is 904 g/mol. The highest BCUT2D eigenvalue weighted by atomic mass is 19.4. The van der Waals surface area contributed by atoms with Crippen LogP contribution in [-0.2, 0) is 9.53 Å². The first-order valence-electron chi connectivity index (χ1n) is 11.7. The summed E-state index contributed by atoms with van der Waals surface area (Å²) in [6.45, 7) is 1.56. The van der Waals surface area contributed by atoms with Gasteiger partial charge in [0.05, 0.1) is 0 Å². The van der Waals surface area contributed by atoms with Gasteiger partial charge >= 0.3 is 101 Å².